The van der Waals surface area contributed by atoms with Crippen molar-refractivity contribution in [3.8, 4) is 11.5 Å². The van der Waals surface area contributed by atoms with Gasteiger partial charge in [-0.15, -0.1) is 0 Å². The van der Waals surface area contributed by atoms with E-state index in [2.05, 4.69) is 10.5 Å². The molecule has 0 aliphatic heterocycles. The highest BCUT2D eigenvalue weighted by molar-refractivity contribution is 6.30. The molecule has 1 amide bonds. The first-order chi connectivity index (χ1) is 10.1. The monoisotopic (exact) mass is 304 g/mol. The number of nitrogens with zero attached hydrogens (tertiary/aromatic N) is 1. The number of carbonyl (C=O) groups is 1. The van der Waals surface area contributed by atoms with Crippen molar-refractivity contribution in [2.45, 2.75) is 0 Å². The molecule has 0 aliphatic carbocycles. The van der Waals surface area contributed by atoms with Gasteiger partial charge in [0.05, 0.1) is 13.3 Å². The van der Waals surface area contributed by atoms with Crippen molar-refractivity contribution in [1.82, 2.24) is 5.43 Å². The number of ether oxygens (including phenoxy) is 1. The van der Waals surface area contributed by atoms with Gasteiger partial charge in [0.25, 0.3) is 5.91 Å². The fourth-order valence-corrected chi connectivity index (χ4v) is 1.83. The second-order valence-electron chi connectivity index (χ2n) is 4.14. The van der Waals surface area contributed by atoms with Crippen LogP contribution in [0.15, 0.2) is 47.6 Å². The molecule has 5 nitrogen and oxygen atoms in total. The van der Waals surface area contributed by atoms with Gasteiger partial charge in [-0.05, 0) is 35.9 Å². The Labute approximate surface area is 126 Å². The van der Waals surface area contributed by atoms with Crippen LogP contribution in [-0.2, 0) is 0 Å². The van der Waals surface area contributed by atoms with Crippen molar-refractivity contribution in [3.63, 3.8) is 0 Å². The van der Waals surface area contributed by atoms with Gasteiger partial charge in [-0.2, -0.15) is 5.10 Å². The van der Waals surface area contributed by atoms with Crippen LogP contribution < -0.4 is 10.2 Å². The SMILES string of the molecule is COc1cc(C(=O)N/N=C/c2cccc(Cl)c2)ccc1O. The van der Waals surface area contributed by atoms with E-state index in [1.807, 2.05) is 6.07 Å². The minimum atomic E-state index is -0.411. The Morgan fingerprint density at radius 2 is 2.14 bits per heavy atom. The molecule has 2 N–H and O–H groups in total. The molecular formula is C15H13ClN2O3. The van der Waals surface area contributed by atoms with E-state index in [4.69, 9.17) is 16.3 Å². The minimum Gasteiger partial charge on any atom is -0.504 e. The van der Waals surface area contributed by atoms with Crippen LogP contribution in [0.5, 0.6) is 11.5 Å². The number of methoxy groups -OCH3 is 1. The van der Waals surface area contributed by atoms with E-state index < -0.39 is 5.91 Å². The number of halogens is 1. The lowest BCUT2D eigenvalue weighted by Gasteiger charge is -2.05. The quantitative estimate of drug-likeness (QED) is 0.674. The number of amides is 1. The molecule has 0 radical (unpaired) electrons. The number of nitrogens with one attached hydrogen (secondary N) is 1. The molecule has 0 unspecified atom stereocenters. The predicted octanol–water partition coefficient (Wildman–Crippen LogP) is 2.82. The number of aromatic hydroxyl groups is 1. The summed E-state index contributed by atoms with van der Waals surface area (Å²) in [6, 6.07) is 11.4. The second kappa shape index (κ2) is 6.76. The molecule has 0 spiro atoms. The number of hydrazone groups is 1. The summed E-state index contributed by atoms with van der Waals surface area (Å²) in [7, 11) is 1.41. The van der Waals surface area contributed by atoms with Gasteiger partial charge in [0.15, 0.2) is 11.5 Å². The van der Waals surface area contributed by atoms with Crippen LogP contribution >= 0.6 is 11.6 Å². The molecule has 0 heterocycles. The van der Waals surface area contributed by atoms with E-state index in [-0.39, 0.29) is 11.5 Å². The van der Waals surface area contributed by atoms with Gasteiger partial charge in [0.1, 0.15) is 0 Å². The van der Waals surface area contributed by atoms with E-state index >= 15 is 0 Å². The number of rotatable bonds is 4. The van der Waals surface area contributed by atoms with Crippen LogP contribution in [0.1, 0.15) is 15.9 Å². The summed E-state index contributed by atoms with van der Waals surface area (Å²) in [5.74, 6) is -0.218. The van der Waals surface area contributed by atoms with Crippen molar-refractivity contribution >= 4 is 23.7 Å². The molecule has 0 saturated carbocycles. The van der Waals surface area contributed by atoms with Gasteiger partial charge < -0.3 is 9.84 Å². The minimum absolute atomic E-state index is 0.0310. The van der Waals surface area contributed by atoms with E-state index in [1.165, 1.54) is 31.5 Å². The first-order valence-electron chi connectivity index (χ1n) is 6.06. The molecule has 0 aromatic heterocycles. The van der Waals surface area contributed by atoms with Crippen LogP contribution in [0.25, 0.3) is 0 Å². The van der Waals surface area contributed by atoms with Crippen molar-refractivity contribution < 1.29 is 14.6 Å². The molecule has 0 atom stereocenters. The summed E-state index contributed by atoms with van der Waals surface area (Å²) in [5.41, 5.74) is 3.48. The number of hydrogen-bond donors (Lipinski definition) is 2. The molecule has 108 valence electrons. The lowest BCUT2D eigenvalue weighted by atomic mass is 10.2. The van der Waals surface area contributed by atoms with Gasteiger partial charge in [0, 0.05) is 10.6 Å². The lowest BCUT2D eigenvalue weighted by Crippen LogP contribution is -2.17. The fourth-order valence-electron chi connectivity index (χ4n) is 1.64. The highest BCUT2D eigenvalue weighted by Gasteiger charge is 2.08. The third-order valence-electron chi connectivity index (χ3n) is 2.67. The Morgan fingerprint density at radius 1 is 1.33 bits per heavy atom. The Bertz CT molecular complexity index is 686. The lowest BCUT2D eigenvalue weighted by molar-refractivity contribution is 0.0955. The molecule has 0 fully saturated rings. The Hall–Kier alpha value is -2.53. The summed E-state index contributed by atoms with van der Waals surface area (Å²) in [6.45, 7) is 0. The maximum Gasteiger partial charge on any atom is 0.271 e. The molecule has 2 aromatic carbocycles. The normalized spacial score (nSPS) is 10.6. The van der Waals surface area contributed by atoms with Crippen LogP contribution in [0, 0.1) is 0 Å². The van der Waals surface area contributed by atoms with Crippen LogP contribution in [0.2, 0.25) is 5.02 Å². The van der Waals surface area contributed by atoms with Gasteiger partial charge >= 0.3 is 0 Å². The number of hydrogen-bond acceptors (Lipinski definition) is 4. The van der Waals surface area contributed by atoms with E-state index in [0.717, 1.165) is 5.56 Å². The number of benzene rings is 2. The highest BCUT2D eigenvalue weighted by Crippen LogP contribution is 2.26. The third-order valence-corrected chi connectivity index (χ3v) is 2.91. The summed E-state index contributed by atoms with van der Waals surface area (Å²) in [5, 5.41) is 13.9. The van der Waals surface area contributed by atoms with Crippen LogP contribution in [0.4, 0.5) is 0 Å². The average molecular weight is 305 g/mol. The zero-order valence-corrected chi connectivity index (χ0v) is 12.0. The summed E-state index contributed by atoms with van der Waals surface area (Å²) in [6.07, 6.45) is 1.49. The molecule has 0 saturated heterocycles. The largest absolute Gasteiger partial charge is 0.504 e. The molecular weight excluding hydrogens is 292 g/mol. The van der Waals surface area contributed by atoms with Crippen molar-refractivity contribution in [2.75, 3.05) is 7.11 Å². The number of phenolic OH excluding ortho intramolecular Hbond substituents is 1. The molecule has 21 heavy (non-hydrogen) atoms. The molecule has 2 rings (SSSR count). The molecule has 6 heteroatoms. The van der Waals surface area contributed by atoms with Gasteiger partial charge in [-0.25, -0.2) is 5.43 Å². The topological polar surface area (TPSA) is 70.9 Å². The predicted molar refractivity (Wildman–Crippen MR) is 81.2 cm³/mol. The fraction of sp³-hybridized carbons (Fsp3) is 0.0667. The van der Waals surface area contributed by atoms with Crippen LogP contribution in [-0.4, -0.2) is 24.3 Å². The molecule has 0 bridgehead atoms. The van der Waals surface area contributed by atoms with Crippen molar-refractivity contribution in [3.05, 3.63) is 58.6 Å². The van der Waals surface area contributed by atoms with Gasteiger partial charge in [-0.1, -0.05) is 23.7 Å². The standard InChI is InChI=1S/C15H13ClN2O3/c1-21-14-8-11(5-6-13(14)19)15(20)18-17-9-10-3-2-4-12(16)7-10/h2-9,19H,1H3,(H,18,20)/b17-9+. The first-order valence-corrected chi connectivity index (χ1v) is 6.44. The van der Waals surface area contributed by atoms with Crippen molar-refractivity contribution in [1.29, 1.82) is 0 Å². The summed E-state index contributed by atoms with van der Waals surface area (Å²) in [4.78, 5) is 11.9. The maximum absolute atomic E-state index is 11.9. The second-order valence-corrected chi connectivity index (χ2v) is 4.58. The van der Waals surface area contributed by atoms with Gasteiger partial charge in [0.2, 0.25) is 0 Å². The average Bonchev–Trinajstić information content (AvgIpc) is 2.47. The molecule has 0 aliphatic rings. The number of phenols is 1. The molecule has 2 aromatic rings. The van der Waals surface area contributed by atoms with E-state index in [1.54, 1.807) is 18.2 Å². The smallest absolute Gasteiger partial charge is 0.271 e. The summed E-state index contributed by atoms with van der Waals surface area (Å²) >= 11 is 5.84. The summed E-state index contributed by atoms with van der Waals surface area (Å²) < 4.78 is 4.94. The van der Waals surface area contributed by atoms with E-state index in [0.29, 0.717) is 10.6 Å². The highest BCUT2D eigenvalue weighted by atomic mass is 35.5. The van der Waals surface area contributed by atoms with Gasteiger partial charge in [-0.3, -0.25) is 4.79 Å². The Kier molecular flexibility index (Phi) is 4.79. The Morgan fingerprint density at radius 3 is 2.86 bits per heavy atom. The Balaban J connectivity index is 2.05. The zero-order chi connectivity index (χ0) is 15.2. The van der Waals surface area contributed by atoms with E-state index in [9.17, 15) is 9.90 Å². The first kappa shape index (κ1) is 14.9. The third kappa shape index (κ3) is 3.97. The maximum atomic E-state index is 11.9. The number of carbonyl (C=O) groups excluding carboxylic acids is 1. The van der Waals surface area contributed by atoms with Crippen molar-refractivity contribution in [2.24, 2.45) is 5.10 Å². The van der Waals surface area contributed by atoms with Crippen LogP contribution in [0.3, 0.4) is 0 Å². The zero-order valence-electron chi connectivity index (χ0n) is 11.2.